The van der Waals surface area contributed by atoms with Crippen LogP contribution < -0.4 is 4.72 Å². The van der Waals surface area contributed by atoms with E-state index in [2.05, 4.69) is 21.1 Å². The molecule has 0 bridgehead atoms. The lowest BCUT2D eigenvalue weighted by molar-refractivity contribution is 0.0173. The zero-order chi connectivity index (χ0) is 17.9. The van der Waals surface area contributed by atoms with Gasteiger partial charge in [-0.3, -0.25) is 4.90 Å². The molecule has 1 aliphatic heterocycles. The van der Waals surface area contributed by atoms with Gasteiger partial charge in [0.25, 0.3) is 0 Å². The van der Waals surface area contributed by atoms with Crippen LogP contribution in [0.1, 0.15) is 22.7 Å². The monoisotopic (exact) mass is 380 g/mol. The minimum absolute atomic E-state index is 0.0232. The summed E-state index contributed by atoms with van der Waals surface area (Å²) in [6, 6.07) is 7.59. The zero-order valence-corrected chi connectivity index (χ0v) is 16.2. The molecule has 1 N–H and O–H groups in total. The zero-order valence-electron chi connectivity index (χ0n) is 14.6. The van der Waals surface area contributed by atoms with Gasteiger partial charge in [0.1, 0.15) is 0 Å². The van der Waals surface area contributed by atoms with E-state index < -0.39 is 10.0 Å². The van der Waals surface area contributed by atoms with Crippen molar-refractivity contribution in [3.05, 3.63) is 51.7 Å². The summed E-state index contributed by atoms with van der Waals surface area (Å²) in [5.41, 5.74) is 2.85. The van der Waals surface area contributed by atoms with Crippen molar-refractivity contribution in [3.63, 3.8) is 0 Å². The van der Waals surface area contributed by atoms with Crippen molar-refractivity contribution in [2.45, 2.75) is 24.8 Å². The first kappa shape index (κ1) is 18.5. The summed E-state index contributed by atoms with van der Waals surface area (Å²) in [7, 11) is -3.54. The normalized spacial score (nSPS) is 17.5. The van der Waals surface area contributed by atoms with E-state index in [4.69, 9.17) is 4.74 Å². The van der Waals surface area contributed by atoms with Gasteiger partial charge in [0, 0.05) is 25.7 Å². The number of aryl methyl sites for hydroxylation is 2. The first-order valence-corrected chi connectivity index (χ1v) is 10.8. The molecule has 0 radical (unpaired) electrons. The molecule has 25 heavy (non-hydrogen) atoms. The highest BCUT2D eigenvalue weighted by molar-refractivity contribution is 7.89. The Labute approximate surface area is 153 Å². The lowest BCUT2D eigenvalue weighted by atomic mass is 10.1. The molecule has 1 fully saturated rings. The second-order valence-corrected chi connectivity index (χ2v) is 8.86. The number of morpholine rings is 1. The molecular formula is C18H24N2O3S2. The van der Waals surface area contributed by atoms with Crippen LogP contribution in [0.3, 0.4) is 0 Å². The van der Waals surface area contributed by atoms with Gasteiger partial charge in [-0.2, -0.15) is 11.3 Å². The summed E-state index contributed by atoms with van der Waals surface area (Å²) >= 11 is 1.63. The maximum Gasteiger partial charge on any atom is 0.240 e. The van der Waals surface area contributed by atoms with Gasteiger partial charge in [-0.05, 0) is 53.4 Å². The van der Waals surface area contributed by atoms with Crippen molar-refractivity contribution >= 4 is 21.4 Å². The lowest BCUT2D eigenvalue weighted by Crippen LogP contribution is -2.43. The highest BCUT2D eigenvalue weighted by Gasteiger charge is 2.26. The Balaban J connectivity index is 1.79. The number of ether oxygens (including phenoxy) is 1. The third-order valence-corrected chi connectivity index (χ3v) is 6.78. The first-order valence-electron chi connectivity index (χ1n) is 8.38. The minimum Gasteiger partial charge on any atom is -0.379 e. The molecular weight excluding hydrogens is 356 g/mol. The van der Waals surface area contributed by atoms with E-state index in [-0.39, 0.29) is 6.04 Å². The molecule has 0 amide bonds. The van der Waals surface area contributed by atoms with Crippen molar-refractivity contribution in [3.8, 4) is 0 Å². The Kier molecular flexibility index (Phi) is 5.91. The van der Waals surface area contributed by atoms with Crippen LogP contribution in [-0.2, 0) is 14.8 Å². The van der Waals surface area contributed by atoms with Crippen molar-refractivity contribution in [1.29, 1.82) is 0 Å². The van der Waals surface area contributed by atoms with Gasteiger partial charge in [-0.1, -0.05) is 12.1 Å². The van der Waals surface area contributed by atoms with E-state index in [0.717, 1.165) is 29.8 Å². The summed E-state index contributed by atoms with van der Waals surface area (Å²) < 4.78 is 33.9. The molecule has 0 saturated carbocycles. The summed E-state index contributed by atoms with van der Waals surface area (Å²) in [4.78, 5) is 2.65. The molecule has 7 heteroatoms. The third-order valence-electron chi connectivity index (χ3n) is 4.51. The van der Waals surface area contributed by atoms with Crippen LogP contribution in [0.4, 0.5) is 0 Å². The molecule has 1 saturated heterocycles. The Hall–Kier alpha value is -1.25. The molecule has 1 atom stereocenters. The number of benzene rings is 1. The average molecular weight is 381 g/mol. The largest absolute Gasteiger partial charge is 0.379 e. The number of thiophene rings is 1. The molecule has 1 aromatic carbocycles. The van der Waals surface area contributed by atoms with Crippen molar-refractivity contribution in [2.75, 3.05) is 32.8 Å². The maximum atomic E-state index is 12.8. The summed E-state index contributed by atoms with van der Waals surface area (Å²) in [6.07, 6.45) is 0. The molecule has 136 valence electrons. The predicted molar refractivity (Wildman–Crippen MR) is 101 cm³/mol. The van der Waals surface area contributed by atoms with E-state index in [1.165, 1.54) is 0 Å². The number of nitrogens with zero attached hydrogens (tertiary/aromatic N) is 1. The predicted octanol–water partition coefficient (Wildman–Crippen LogP) is 2.72. The summed E-state index contributed by atoms with van der Waals surface area (Å²) in [6.45, 7) is 7.07. The Morgan fingerprint density at radius 2 is 2.00 bits per heavy atom. The lowest BCUT2D eigenvalue weighted by Gasteiger charge is -2.34. The Morgan fingerprint density at radius 1 is 1.24 bits per heavy atom. The number of sulfonamides is 1. The van der Waals surface area contributed by atoms with Gasteiger partial charge < -0.3 is 4.74 Å². The average Bonchev–Trinajstić information content (AvgIpc) is 3.12. The van der Waals surface area contributed by atoms with Crippen molar-refractivity contribution < 1.29 is 13.2 Å². The Morgan fingerprint density at radius 3 is 2.68 bits per heavy atom. The quantitative estimate of drug-likeness (QED) is 0.837. The third kappa shape index (κ3) is 4.48. The van der Waals surface area contributed by atoms with Crippen LogP contribution in [0, 0.1) is 13.8 Å². The standard InChI is InChI=1S/C18H24N2O3S2/c1-14-3-4-15(2)18(11-14)25(21,22)19-12-17(16-5-10-24-13-16)20-6-8-23-9-7-20/h3-5,10-11,13,17,19H,6-9,12H2,1-2H3. The molecule has 0 spiro atoms. The van der Waals surface area contributed by atoms with E-state index >= 15 is 0 Å². The van der Waals surface area contributed by atoms with E-state index in [0.29, 0.717) is 24.7 Å². The fourth-order valence-electron chi connectivity index (χ4n) is 3.07. The topological polar surface area (TPSA) is 58.6 Å². The van der Waals surface area contributed by atoms with Gasteiger partial charge in [0.05, 0.1) is 18.1 Å². The smallest absolute Gasteiger partial charge is 0.240 e. The maximum absolute atomic E-state index is 12.8. The molecule has 2 aromatic rings. The SMILES string of the molecule is Cc1ccc(C)c(S(=O)(=O)NCC(c2ccsc2)N2CCOCC2)c1. The Bertz CT molecular complexity index is 798. The molecule has 0 aliphatic carbocycles. The van der Waals surface area contributed by atoms with Crippen LogP contribution in [0.25, 0.3) is 0 Å². The van der Waals surface area contributed by atoms with Crippen LogP contribution in [0.15, 0.2) is 39.9 Å². The minimum atomic E-state index is -3.54. The molecule has 3 rings (SSSR count). The van der Waals surface area contributed by atoms with Crippen LogP contribution in [0.5, 0.6) is 0 Å². The fraction of sp³-hybridized carbons (Fsp3) is 0.444. The van der Waals surface area contributed by atoms with Crippen LogP contribution >= 0.6 is 11.3 Å². The van der Waals surface area contributed by atoms with E-state index in [9.17, 15) is 8.42 Å². The van der Waals surface area contributed by atoms with Gasteiger partial charge >= 0.3 is 0 Å². The number of rotatable bonds is 6. The molecule has 1 unspecified atom stereocenters. The van der Waals surface area contributed by atoms with Gasteiger partial charge in [0.2, 0.25) is 10.0 Å². The highest BCUT2D eigenvalue weighted by Crippen LogP contribution is 2.24. The van der Waals surface area contributed by atoms with Gasteiger partial charge in [0.15, 0.2) is 0 Å². The van der Waals surface area contributed by atoms with E-state index in [1.807, 2.05) is 31.4 Å². The van der Waals surface area contributed by atoms with E-state index in [1.54, 1.807) is 17.4 Å². The van der Waals surface area contributed by atoms with Crippen LogP contribution in [0.2, 0.25) is 0 Å². The summed E-state index contributed by atoms with van der Waals surface area (Å²) in [5.74, 6) is 0. The fourth-order valence-corrected chi connectivity index (χ4v) is 5.15. The molecule has 2 heterocycles. The number of hydrogen-bond donors (Lipinski definition) is 1. The van der Waals surface area contributed by atoms with Crippen molar-refractivity contribution in [2.24, 2.45) is 0 Å². The second kappa shape index (κ2) is 7.97. The highest BCUT2D eigenvalue weighted by atomic mass is 32.2. The first-order chi connectivity index (χ1) is 12.0. The van der Waals surface area contributed by atoms with Crippen LogP contribution in [-0.4, -0.2) is 46.2 Å². The molecule has 1 aliphatic rings. The van der Waals surface area contributed by atoms with Gasteiger partial charge in [-0.25, -0.2) is 13.1 Å². The second-order valence-electron chi connectivity index (χ2n) is 6.34. The molecule has 5 nitrogen and oxygen atoms in total. The summed E-state index contributed by atoms with van der Waals surface area (Å²) in [5, 5.41) is 4.12. The molecule has 1 aromatic heterocycles. The van der Waals surface area contributed by atoms with Gasteiger partial charge in [-0.15, -0.1) is 0 Å². The number of hydrogen-bond acceptors (Lipinski definition) is 5. The number of nitrogens with one attached hydrogen (secondary N) is 1. The van der Waals surface area contributed by atoms with Crippen molar-refractivity contribution in [1.82, 2.24) is 9.62 Å².